The highest BCUT2D eigenvalue weighted by Gasteiger charge is 2.21. The van der Waals surface area contributed by atoms with Crippen molar-refractivity contribution < 1.29 is 13.9 Å². The molecule has 1 amide bonds. The molecule has 1 aromatic carbocycles. The molecule has 0 unspecified atom stereocenters. The van der Waals surface area contributed by atoms with E-state index in [9.17, 15) is 4.79 Å². The fourth-order valence-corrected chi connectivity index (χ4v) is 3.18. The molecule has 3 aromatic rings. The Balaban J connectivity index is 1.66. The Hall–Kier alpha value is -2.81. The summed E-state index contributed by atoms with van der Waals surface area (Å²) in [6, 6.07) is 7.32. The quantitative estimate of drug-likeness (QED) is 0.649. The second-order valence-corrected chi connectivity index (χ2v) is 7.31. The van der Waals surface area contributed by atoms with E-state index < -0.39 is 5.25 Å². The number of anilines is 1. The Morgan fingerprint density at radius 2 is 1.96 bits per heavy atom. The number of aryl methyl sites for hydroxylation is 2. The van der Waals surface area contributed by atoms with Gasteiger partial charge in [0.05, 0.1) is 29.4 Å². The van der Waals surface area contributed by atoms with Crippen molar-refractivity contribution in [2.24, 2.45) is 7.05 Å². The zero-order chi connectivity index (χ0) is 19.6. The molecule has 0 bridgehead atoms. The van der Waals surface area contributed by atoms with E-state index in [-0.39, 0.29) is 5.91 Å². The van der Waals surface area contributed by atoms with Crippen LogP contribution in [0.3, 0.4) is 0 Å². The highest BCUT2D eigenvalue weighted by Crippen LogP contribution is 2.28. The van der Waals surface area contributed by atoms with E-state index in [0.29, 0.717) is 11.1 Å². The van der Waals surface area contributed by atoms with Crippen LogP contribution in [0.15, 0.2) is 33.9 Å². The number of ether oxygens (including phenoxy) is 1. The fraction of sp³-hybridized carbons (Fsp3) is 0.333. The smallest absolute Gasteiger partial charge is 0.277 e. The molecule has 0 aliphatic heterocycles. The summed E-state index contributed by atoms with van der Waals surface area (Å²) in [6.45, 7) is 5.56. The number of methoxy groups -OCH3 is 1. The Morgan fingerprint density at radius 3 is 2.56 bits per heavy atom. The lowest BCUT2D eigenvalue weighted by Gasteiger charge is -2.10. The van der Waals surface area contributed by atoms with Crippen LogP contribution in [0.2, 0.25) is 0 Å². The topological polar surface area (TPSA) is 95.1 Å². The van der Waals surface area contributed by atoms with Crippen molar-refractivity contribution in [3.8, 4) is 17.2 Å². The van der Waals surface area contributed by atoms with Crippen LogP contribution < -0.4 is 10.1 Å². The molecule has 142 valence electrons. The van der Waals surface area contributed by atoms with Crippen LogP contribution in [-0.4, -0.2) is 38.2 Å². The number of aromatic nitrogens is 4. The molecule has 27 heavy (non-hydrogen) atoms. The number of rotatable bonds is 6. The van der Waals surface area contributed by atoms with E-state index in [2.05, 4.69) is 20.6 Å². The Bertz CT molecular complexity index is 949. The molecular formula is C18H21N5O3S. The molecule has 0 spiro atoms. The van der Waals surface area contributed by atoms with Crippen molar-refractivity contribution >= 4 is 23.4 Å². The fourth-order valence-electron chi connectivity index (χ4n) is 2.49. The predicted octanol–water partition coefficient (Wildman–Crippen LogP) is 3.21. The number of amides is 1. The van der Waals surface area contributed by atoms with E-state index in [1.54, 1.807) is 18.7 Å². The average molecular weight is 387 g/mol. The van der Waals surface area contributed by atoms with Crippen molar-refractivity contribution in [3.05, 3.63) is 35.7 Å². The number of carbonyl (C=O) groups is 1. The van der Waals surface area contributed by atoms with Gasteiger partial charge in [0, 0.05) is 12.6 Å². The van der Waals surface area contributed by atoms with Crippen LogP contribution in [-0.2, 0) is 11.8 Å². The summed E-state index contributed by atoms with van der Waals surface area (Å²) in [4.78, 5) is 12.5. The monoisotopic (exact) mass is 387 g/mol. The van der Waals surface area contributed by atoms with Gasteiger partial charge in [-0.25, -0.2) is 0 Å². The van der Waals surface area contributed by atoms with Crippen LogP contribution in [0.25, 0.3) is 11.5 Å². The summed E-state index contributed by atoms with van der Waals surface area (Å²) in [5.41, 5.74) is 3.20. The summed E-state index contributed by atoms with van der Waals surface area (Å²) >= 11 is 1.21. The number of thioether (sulfide) groups is 1. The first-order valence-corrected chi connectivity index (χ1v) is 9.22. The van der Waals surface area contributed by atoms with E-state index in [0.717, 1.165) is 28.4 Å². The molecule has 0 radical (unpaired) electrons. The standard InChI is InChI=1S/C18H21N5O3S/c1-10-15(11(2)23(4)22-10)19-16(24)12(3)27-18-21-20-17(26-18)13-6-8-14(25-5)9-7-13/h6-9,12H,1-5H3,(H,19,24)/t12-/m1/s1. The molecule has 2 aromatic heterocycles. The third-order valence-electron chi connectivity index (χ3n) is 4.15. The molecule has 0 saturated carbocycles. The lowest BCUT2D eigenvalue weighted by atomic mass is 10.2. The number of hydrogen-bond acceptors (Lipinski definition) is 7. The van der Waals surface area contributed by atoms with Crippen molar-refractivity contribution in [1.29, 1.82) is 0 Å². The van der Waals surface area contributed by atoms with Crippen LogP contribution in [0.4, 0.5) is 5.69 Å². The first-order chi connectivity index (χ1) is 12.9. The molecule has 1 atom stereocenters. The van der Waals surface area contributed by atoms with Gasteiger partial charge in [0.15, 0.2) is 0 Å². The number of benzene rings is 1. The lowest BCUT2D eigenvalue weighted by molar-refractivity contribution is -0.115. The zero-order valence-corrected chi connectivity index (χ0v) is 16.6. The van der Waals surface area contributed by atoms with Gasteiger partial charge < -0.3 is 14.5 Å². The molecule has 8 nitrogen and oxygen atoms in total. The molecule has 0 aliphatic carbocycles. The maximum absolute atomic E-state index is 12.5. The van der Waals surface area contributed by atoms with Crippen LogP contribution in [0.1, 0.15) is 18.3 Å². The van der Waals surface area contributed by atoms with Crippen molar-refractivity contribution in [1.82, 2.24) is 20.0 Å². The zero-order valence-electron chi connectivity index (χ0n) is 15.8. The van der Waals surface area contributed by atoms with E-state index in [4.69, 9.17) is 9.15 Å². The van der Waals surface area contributed by atoms with E-state index >= 15 is 0 Å². The van der Waals surface area contributed by atoms with Crippen LogP contribution >= 0.6 is 11.8 Å². The molecular weight excluding hydrogens is 366 g/mol. The third kappa shape index (κ3) is 4.13. The first kappa shape index (κ1) is 19.0. The Kier molecular flexibility index (Phi) is 5.50. The minimum Gasteiger partial charge on any atom is -0.497 e. The molecule has 3 rings (SSSR count). The predicted molar refractivity (Wildman–Crippen MR) is 103 cm³/mol. The van der Waals surface area contributed by atoms with Gasteiger partial charge in [0.25, 0.3) is 5.22 Å². The number of hydrogen-bond donors (Lipinski definition) is 1. The molecule has 0 saturated heterocycles. The van der Waals surface area contributed by atoms with Crippen molar-refractivity contribution in [2.75, 3.05) is 12.4 Å². The van der Waals surface area contributed by atoms with Crippen molar-refractivity contribution in [3.63, 3.8) is 0 Å². The molecule has 9 heteroatoms. The van der Waals surface area contributed by atoms with E-state index in [1.807, 2.05) is 45.2 Å². The molecule has 0 aliphatic rings. The summed E-state index contributed by atoms with van der Waals surface area (Å²) in [5, 5.41) is 15.2. The largest absolute Gasteiger partial charge is 0.497 e. The maximum Gasteiger partial charge on any atom is 0.277 e. The highest BCUT2D eigenvalue weighted by molar-refractivity contribution is 8.00. The SMILES string of the molecule is COc1ccc(-c2nnc(S[C@H](C)C(=O)Nc3c(C)nn(C)c3C)o2)cc1. The van der Waals surface area contributed by atoms with Crippen LogP contribution in [0.5, 0.6) is 5.75 Å². The summed E-state index contributed by atoms with van der Waals surface area (Å²) in [6.07, 6.45) is 0. The summed E-state index contributed by atoms with van der Waals surface area (Å²) in [5.74, 6) is 0.995. The van der Waals surface area contributed by atoms with Gasteiger partial charge in [-0.3, -0.25) is 9.48 Å². The van der Waals surface area contributed by atoms with Gasteiger partial charge in [-0.1, -0.05) is 11.8 Å². The summed E-state index contributed by atoms with van der Waals surface area (Å²) < 4.78 is 12.5. The lowest BCUT2D eigenvalue weighted by Crippen LogP contribution is -2.23. The highest BCUT2D eigenvalue weighted by atomic mass is 32.2. The van der Waals surface area contributed by atoms with E-state index in [1.165, 1.54) is 11.8 Å². The molecule has 1 N–H and O–H groups in total. The van der Waals surface area contributed by atoms with Crippen molar-refractivity contribution in [2.45, 2.75) is 31.2 Å². The minimum atomic E-state index is -0.409. The maximum atomic E-state index is 12.5. The third-order valence-corrected chi connectivity index (χ3v) is 5.08. The van der Waals surface area contributed by atoms with Gasteiger partial charge >= 0.3 is 0 Å². The first-order valence-electron chi connectivity index (χ1n) is 8.34. The normalized spacial score (nSPS) is 12.0. The number of carbonyl (C=O) groups excluding carboxylic acids is 1. The van der Waals surface area contributed by atoms with Gasteiger partial charge in [-0.15, -0.1) is 10.2 Å². The molecule has 0 fully saturated rings. The number of nitrogens with one attached hydrogen (secondary N) is 1. The minimum absolute atomic E-state index is 0.150. The Morgan fingerprint density at radius 1 is 1.26 bits per heavy atom. The van der Waals surface area contributed by atoms with Gasteiger partial charge in [-0.2, -0.15) is 5.10 Å². The average Bonchev–Trinajstić information content (AvgIpc) is 3.21. The van der Waals surface area contributed by atoms with Gasteiger partial charge in [0.2, 0.25) is 11.8 Å². The molecule has 2 heterocycles. The summed E-state index contributed by atoms with van der Waals surface area (Å²) in [7, 11) is 3.45. The van der Waals surface area contributed by atoms with Crippen LogP contribution in [0, 0.1) is 13.8 Å². The van der Waals surface area contributed by atoms with Gasteiger partial charge in [-0.05, 0) is 45.0 Å². The Labute approximate surface area is 161 Å². The number of nitrogens with zero attached hydrogens (tertiary/aromatic N) is 4. The second kappa shape index (κ2) is 7.83. The second-order valence-electron chi connectivity index (χ2n) is 6.02. The van der Waals surface area contributed by atoms with Gasteiger partial charge in [0.1, 0.15) is 5.75 Å².